The van der Waals surface area contributed by atoms with Gasteiger partial charge in [0, 0.05) is 13.0 Å². The first-order valence-corrected chi connectivity index (χ1v) is 12.8. The predicted octanol–water partition coefficient (Wildman–Crippen LogP) is 7.72. The standard InChI is InChI=1S/C31H39NO3/c1-4-5-6-7-14-19-31(33)32(25(2)28-17-12-9-13-18-28)23-27-20-21-29(34-3)30(22-27)35-24-26-15-10-8-11-16-26/h8-13,15-18,20-22,25H,4-7,14,19,23-24H2,1-3H3. The second-order valence-electron chi connectivity index (χ2n) is 9.03. The molecule has 1 unspecified atom stereocenters. The molecule has 4 nitrogen and oxygen atoms in total. The number of amides is 1. The topological polar surface area (TPSA) is 38.8 Å². The van der Waals surface area contributed by atoms with E-state index in [0.29, 0.717) is 31.1 Å². The van der Waals surface area contributed by atoms with E-state index in [-0.39, 0.29) is 11.9 Å². The molecule has 0 bridgehead atoms. The van der Waals surface area contributed by atoms with Crippen molar-refractivity contribution in [2.75, 3.05) is 7.11 Å². The lowest BCUT2D eigenvalue weighted by molar-refractivity contribution is -0.134. The Hall–Kier alpha value is -3.27. The van der Waals surface area contributed by atoms with Gasteiger partial charge in [-0.2, -0.15) is 0 Å². The summed E-state index contributed by atoms with van der Waals surface area (Å²) in [5.41, 5.74) is 3.26. The van der Waals surface area contributed by atoms with Crippen molar-refractivity contribution in [3.63, 3.8) is 0 Å². The maximum atomic E-state index is 13.4. The molecule has 0 fully saturated rings. The van der Waals surface area contributed by atoms with Crippen LogP contribution in [0.4, 0.5) is 0 Å². The maximum absolute atomic E-state index is 13.4. The Morgan fingerprint density at radius 3 is 2.20 bits per heavy atom. The highest BCUT2D eigenvalue weighted by atomic mass is 16.5. The first-order chi connectivity index (χ1) is 17.1. The SMILES string of the molecule is CCCCCCCC(=O)N(Cc1ccc(OC)c(OCc2ccccc2)c1)C(C)c1ccccc1. The van der Waals surface area contributed by atoms with Gasteiger partial charge in [-0.3, -0.25) is 4.79 Å². The molecule has 1 atom stereocenters. The van der Waals surface area contributed by atoms with Gasteiger partial charge in [0.1, 0.15) is 6.61 Å². The van der Waals surface area contributed by atoms with Crippen LogP contribution in [0, 0.1) is 0 Å². The summed E-state index contributed by atoms with van der Waals surface area (Å²) in [5, 5.41) is 0. The fourth-order valence-corrected chi connectivity index (χ4v) is 4.24. The third-order valence-electron chi connectivity index (χ3n) is 6.38. The average molecular weight is 474 g/mol. The highest BCUT2D eigenvalue weighted by Crippen LogP contribution is 2.31. The third kappa shape index (κ3) is 8.17. The van der Waals surface area contributed by atoms with Gasteiger partial charge in [0.25, 0.3) is 0 Å². The summed E-state index contributed by atoms with van der Waals surface area (Å²) in [7, 11) is 1.65. The number of carbonyl (C=O) groups excluding carboxylic acids is 1. The van der Waals surface area contributed by atoms with Crippen LogP contribution >= 0.6 is 0 Å². The summed E-state index contributed by atoms with van der Waals surface area (Å²) in [6.45, 7) is 5.30. The molecule has 35 heavy (non-hydrogen) atoms. The summed E-state index contributed by atoms with van der Waals surface area (Å²) in [6.07, 6.45) is 6.25. The van der Waals surface area contributed by atoms with E-state index in [0.717, 1.165) is 29.5 Å². The molecule has 0 N–H and O–H groups in total. The van der Waals surface area contributed by atoms with Gasteiger partial charge < -0.3 is 14.4 Å². The molecule has 0 heterocycles. The van der Waals surface area contributed by atoms with Crippen molar-refractivity contribution in [3.8, 4) is 11.5 Å². The second kappa shape index (κ2) is 14.2. The van der Waals surface area contributed by atoms with Gasteiger partial charge in [-0.15, -0.1) is 0 Å². The molecule has 0 aliphatic carbocycles. The zero-order valence-electron chi connectivity index (χ0n) is 21.4. The molecule has 0 aliphatic rings. The summed E-state index contributed by atoms with van der Waals surface area (Å²) >= 11 is 0. The van der Waals surface area contributed by atoms with Crippen molar-refractivity contribution < 1.29 is 14.3 Å². The maximum Gasteiger partial charge on any atom is 0.223 e. The highest BCUT2D eigenvalue weighted by molar-refractivity contribution is 5.76. The molecule has 0 aromatic heterocycles. The molecule has 3 aromatic carbocycles. The van der Waals surface area contributed by atoms with Gasteiger partial charge in [-0.1, -0.05) is 99.3 Å². The number of carbonyl (C=O) groups is 1. The Labute approximate surface area is 210 Å². The predicted molar refractivity (Wildman–Crippen MR) is 143 cm³/mol. The van der Waals surface area contributed by atoms with Gasteiger partial charge in [-0.25, -0.2) is 0 Å². The number of rotatable bonds is 14. The minimum atomic E-state index is -0.0184. The third-order valence-corrected chi connectivity index (χ3v) is 6.38. The van der Waals surface area contributed by atoms with E-state index in [9.17, 15) is 4.79 Å². The molecule has 4 heteroatoms. The van der Waals surface area contributed by atoms with E-state index in [1.54, 1.807) is 7.11 Å². The fourth-order valence-electron chi connectivity index (χ4n) is 4.24. The zero-order valence-corrected chi connectivity index (χ0v) is 21.4. The quantitative estimate of drug-likeness (QED) is 0.225. The lowest BCUT2D eigenvalue weighted by Crippen LogP contribution is -2.33. The van der Waals surface area contributed by atoms with Crippen molar-refractivity contribution in [2.45, 2.75) is 71.6 Å². The Morgan fingerprint density at radius 1 is 0.829 bits per heavy atom. The van der Waals surface area contributed by atoms with Gasteiger partial charge >= 0.3 is 0 Å². The van der Waals surface area contributed by atoms with Crippen LogP contribution in [0.15, 0.2) is 78.9 Å². The second-order valence-corrected chi connectivity index (χ2v) is 9.03. The lowest BCUT2D eigenvalue weighted by atomic mass is 10.0. The lowest BCUT2D eigenvalue weighted by Gasteiger charge is -2.30. The largest absolute Gasteiger partial charge is 0.493 e. The number of nitrogens with zero attached hydrogens (tertiary/aromatic N) is 1. The molecule has 0 radical (unpaired) electrons. The molecule has 1 amide bonds. The van der Waals surface area contributed by atoms with E-state index in [2.05, 4.69) is 26.0 Å². The monoisotopic (exact) mass is 473 g/mol. The molecule has 3 aromatic rings. The van der Waals surface area contributed by atoms with E-state index < -0.39 is 0 Å². The molecule has 0 aliphatic heterocycles. The molecule has 186 valence electrons. The number of hydrogen-bond acceptors (Lipinski definition) is 3. The normalized spacial score (nSPS) is 11.6. The molecule has 0 saturated heterocycles. The molecular weight excluding hydrogens is 434 g/mol. The minimum absolute atomic E-state index is 0.0184. The Morgan fingerprint density at radius 2 is 1.51 bits per heavy atom. The first kappa shape index (κ1) is 26.3. The van der Waals surface area contributed by atoms with Gasteiger partial charge in [0.15, 0.2) is 11.5 Å². The van der Waals surface area contributed by atoms with Crippen LogP contribution in [0.25, 0.3) is 0 Å². The van der Waals surface area contributed by atoms with E-state index in [1.165, 1.54) is 19.3 Å². The number of hydrogen-bond donors (Lipinski definition) is 0. The minimum Gasteiger partial charge on any atom is -0.493 e. The van der Waals surface area contributed by atoms with Crippen LogP contribution in [-0.2, 0) is 17.9 Å². The molecule has 3 rings (SSSR count). The van der Waals surface area contributed by atoms with Crippen molar-refractivity contribution in [1.29, 1.82) is 0 Å². The highest BCUT2D eigenvalue weighted by Gasteiger charge is 2.22. The molecule has 0 saturated carbocycles. The van der Waals surface area contributed by atoms with E-state index >= 15 is 0 Å². The Kier molecular flexibility index (Phi) is 10.7. The van der Waals surface area contributed by atoms with E-state index in [4.69, 9.17) is 9.47 Å². The first-order valence-electron chi connectivity index (χ1n) is 12.8. The van der Waals surface area contributed by atoms with Crippen LogP contribution in [0.1, 0.15) is 75.1 Å². The van der Waals surface area contributed by atoms with Crippen LogP contribution < -0.4 is 9.47 Å². The van der Waals surface area contributed by atoms with Crippen LogP contribution in [0.5, 0.6) is 11.5 Å². The molecule has 0 spiro atoms. The van der Waals surface area contributed by atoms with Crippen molar-refractivity contribution in [3.05, 3.63) is 95.6 Å². The Bertz CT molecular complexity index is 1020. The van der Waals surface area contributed by atoms with Crippen molar-refractivity contribution in [2.24, 2.45) is 0 Å². The van der Waals surface area contributed by atoms with Crippen LogP contribution in [0.2, 0.25) is 0 Å². The van der Waals surface area contributed by atoms with Gasteiger partial charge in [-0.05, 0) is 42.2 Å². The number of unbranched alkanes of at least 4 members (excludes halogenated alkanes) is 4. The summed E-state index contributed by atoms with van der Waals surface area (Å²) in [4.78, 5) is 15.4. The van der Waals surface area contributed by atoms with E-state index in [1.807, 2.05) is 71.6 Å². The van der Waals surface area contributed by atoms with Crippen molar-refractivity contribution in [1.82, 2.24) is 4.90 Å². The zero-order chi connectivity index (χ0) is 24.9. The van der Waals surface area contributed by atoms with Gasteiger partial charge in [0.05, 0.1) is 13.2 Å². The summed E-state index contributed by atoms with van der Waals surface area (Å²) < 4.78 is 11.7. The molecular formula is C31H39NO3. The number of benzene rings is 3. The summed E-state index contributed by atoms with van der Waals surface area (Å²) in [5.74, 6) is 1.57. The van der Waals surface area contributed by atoms with Crippen LogP contribution in [-0.4, -0.2) is 17.9 Å². The summed E-state index contributed by atoms with van der Waals surface area (Å²) in [6, 6.07) is 26.3. The number of ether oxygens (including phenoxy) is 2. The van der Waals surface area contributed by atoms with Crippen molar-refractivity contribution >= 4 is 5.91 Å². The average Bonchev–Trinajstić information content (AvgIpc) is 2.91. The van der Waals surface area contributed by atoms with Gasteiger partial charge in [0.2, 0.25) is 5.91 Å². The Balaban J connectivity index is 1.76. The number of methoxy groups -OCH3 is 1. The smallest absolute Gasteiger partial charge is 0.223 e. The fraction of sp³-hybridized carbons (Fsp3) is 0.387. The van der Waals surface area contributed by atoms with Crippen LogP contribution in [0.3, 0.4) is 0 Å².